The topological polar surface area (TPSA) is 111 Å². The molecule has 14 aromatic rings. The van der Waals surface area contributed by atoms with Gasteiger partial charge in [0.25, 0.3) is 0 Å². The monoisotopic (exact) mass is 998 g/mol. The lowest BCUT2D eigenvalue weighted by atomic mass is 9.80. The molecule has 72 heavy (non-hydrogen) atoms. The molecule has 0 saturated heterocycles. The number of para-hydroxylation sites is 6. The van der Waals surface area contributed by atoms with E-state index < -0.39 is 7.12 Å². The average molecular weight is 1000 g/mol. The van der Waals surface area contributed by atoms with E-state index in [1.807, 2.05) is 115 Å². The first-order valence-electron chi connectivity index (χ1n) is 23.4. The van der Waals surface area contributed by atoms with Crippen LogP contribution in [0.1, 0.15) is 0 Å². The Morgan fingerprint density at radius 1 is 0.347 bits per heavy atom. The van der Waals surface area contributed by atoms with E-state index in [0.717, 1.165) is 75.8 Å². The first-order chi connectivity index (χ1) is 35.3. The van der Waals surface area contributed by atoms with Crippen molar-refractivity contribution in [2.24, 2.45) is 0 Å². The van der Waals surface area contributed by atoms with E-state index in [2.05, 4.69) is 122 Å². The molecule has 0 saturated carbocycles. The van der Waals surface area contributed by atoms with Crippen LogP contribution in [0.3, 0.4) is 0 Å². The van der Waals surface area contributed by atoms with Gasteiger partial charge in [-0.3, -0.25) is 0 Å². The maximum absolute atomic E-state index is 12.8. The highest BCUT2D eigenvalue weighted by Crippen LogP contribution is 2.36. The molecule has 0 unspecified atom stereocenters. The van der Waals surface area contributed by atoms with Crippen molar-refractivity contribution >= 4 is 116 Å². The summed E-state index contributed by atoms with van der Waals surface area (Å²) in [6.07, 6.45) is 0. The Bertz CT molecular complexity index is 4510. The highest BCUT2D eigenvalue weighted by Gasteiger charge is 2.18. The minimum atomic E-state index is -1.46. The number of rotatable bonds is 4. The smallest absolute Gasteiger partial charge is 0.423 e. The number of nitrogens with zero attached hydrogens (tertiary/aromatic N) is 2. The van der Waals surface area contributed by atoms with Crippen molar-refractivity contribution in [1.29, 1.82) is 0 Å². The van der Waals surface area contributed by atoms with Gasteiger partial charge < -0.3 is 28.0 Å². The predicted molar refractivity (Wildman–Crippen MR) is 298 cm³/mol. The van der Waals surface area contributed by atoms with Crippen molar-refractivity contribution in [1.82, 2.24) is 9.13 Å². The summed E-state index contributed by atoms with van der Waals surface area (Å²) < 4.78 is 16.2. The van der Waals surface area contributed by atoms with Crippen LogP contribution in [0, 0.1) is 0 Å². The normalized spacial score (nSPS) is 11.4. The summed E-state index contributed by atoms with van der Waals surface area (Å²) in [6, 6.07) is 76.2. The van der Waals surface area contributed by atoms with Gasteiger partial charge in [-0.2, -0.15) is 0 Å². The molecule has 4 aromatic heterocycles. The fourth-order valence-electron chi connectivity index (χ4n) is 9.93. The van der Waals surface area contributed by atoms with Crippen LogP contribution in [-0.2, 0) is 0 Å². The lowest BCUT2D eigenvalue weighted by Crippen LogP contribution is -2.29. The summed E-state index contributed by atoms with van der Waals surface area (Å²) in [4.78, 5) is 24.5. The second-order valence-corrected chi connectivity index (χ2v) is 18.4. The van der Waals surface area contributed by atoms with Crippen LogP contribution in [0.25, 0.3) is 110 Å². The van der Waals surface area contributed by atoms with E-state index in [0.29, 0.717) is 27.4 Å². The van der Waals surface area contributed by atoms with Crippen molar-refractivity contribution in [2.75, 3.05) is 0 Å². The quantitative estimate of drug-likeness (QED) is 0.103. The zero-order valence-corrected chi connectivity index (χ0v) is 39.9. The third-order valence-electron chi connectivity index (χ3n) is 13.2. The highest BCUT2D eigenvalue weighted by atomic mass is 79.9. The van der Waals surface area contributed by atoms with Gasteiger partial charge >= 0.3 is 18.4 Å². The minimum absolute atomic E-state index is 0.296. The lowest BCUT2D eigenvalue weighted by molar-refractivity contribution is 0.426. The standard InChI is InChI=1S/C31H19NO2.C18H14BNO2.C13H7BrO2/c33-31-27-19-20(14-16-23(27)25-11-5-7-13-30(25)34-31)21-15-17-29-26(18-21)24-10-4-6-12-28(24)32(29)22-8-2-1-3-9-22;21-19(22)13-10-11-18-16(12-13)15-8-4-5-9-17(15)20(18)14-6-2-1-3-7-14;14-8-5-6-9-10-3-1-2-4-12(10)16-13(15)11(9)7-8/h1-19H;1-12,21-22H;1-7H. The second kappa shape index (κ2) is 18.5. The number of fused-ring (bicyclic) bond motifs is 12. The van der Waals surface area contributed by atoms with Gasteiger partial charge in [0.1, 0.15) is 11.2 Å². The fraction of sp³-hybridized carbons (Fsp3) is 0. The van der Waals surface area contributed by atoms with Gasteiger partial charge in [-0.1, -0.05) is 162 Å². The molecule has 2 N–H and O–H groups in total. The van der Waals surface area contributed by atoms with Gasteiger partial charge in [0.15, 0.2) is 0 Å². The SMILES string of the molecule is O=c1oc2ccccc2c2ccc(-c3ccc4c(c3)c3ccccc3n4-c3ccccc3)cc12.O=c1oc2ccccc2c2ccc(Br)cc12.OB(O)c1ccc2c(c1)c1ccccc1n2-c1ccccc1. The van der Waals surface area contributed by atoms with E-state index in [-0.39, 0.29) is 11.3 Å². The molecule has 14 rings (SSSR count). The molecule has 0 aliphatic carbocycles. The summed E-state index contributed by atoms with van der Waals surface area (Å²) in [5.74, 6) is 0. The molecule has 0 spiro atoms. The number of benzene rings is 10. The Morgan fingerprint density at radius 3 is 1.29 bits per heavy atom. The highest BCUT2D eigenvalue weighted by molar-refractivity contribution is 9.10. The van der Waals surface area contributed by atoms with Crippen molar-refractivity contribution in [3.8, 4) is 22.5 Å². The van der Waals surface area contributed by atoms with Crippen molar-refractivity contribution < 1.29 is 18.9 Å². The van der Waals surface area contributed by atoms with E-state index >= 15 is 0 Å². The van der Waals surface area contributed by atoms with Gasteiger partial charge in [-0.15, -0.1) is 0 Å². The molecule has 344 valence electrons. The van der Waals surface area contributed by atoms with Gasteiger partial charge in [-0.05, 0) is 112 Å². The van der Waals surface area contributed by atoms with Gasteiger partial charge in [0.2, 0.25) is 0 Å². The van der Waals surface area contributed by atoms with Gasteiger partial charge in [-0.25, -0.2) is 9.59 Å². The first-order valence-corrected chi connectivity index (χ1v) is 24.2. The molecule has 0 aliphatic rings. The van der Waals surface area contributed by atoms with Gasteiger partial charge in [0.05, 0.1) is 32.8 Å². The molecular formula is C62H40BBrN2O6. The van der Waals surface area contributed by atoms with E-state index in [1.54, 1.807) is 18.2 Å². The first kappa shape index (κ1) is 44.4. The maximum Gasteiger partial charge on any atom is 0.488 e. The fourth-order valence-corrected chi connectivity index (χ4v) is 10.3. The number of hydrogen-bond donors (Lipinski definition) is 2. The van der Waals surface area contributed by atoms with Crippen LogP contribution >= 0.6 is 15.9 Å². The zero-order chi connectivity index (χ0) is 48.9. The number of halogens is 1. The average Bonchev–Trinajstić information content (AvgIpc) is 3.94. The summed E-state index contributed by atoms with van der Waals surface area (Å²) in [5, 5.41) is 28.3. The Balaban J connectivity index is 0.000000120. The Labute approximate surface area is 419 Å². The van der Waals surface area contributed by atoms with E-state index in [4.69, 9.17) is 8.83 Å². The van der Waals surface area contributed by atoms with E-state index in [1.165, 1.54) is 16.3 Å². The van der Waals surface area contributed by atoms with Gasteiger partial charge in [0, 0.05) is 48.2 Å². The molecule has 0 fully saturated rings. The maximum atomic E-state index is 12.8. The minimum Gasteiger partial charge on any atom is -0.423 e. The molecule has 0 amide bonds. The van der Waals surface area contributed by atoms with Crippen molar-refractivity contribution in [2.45, 2.75) is 0 Å². The third-order valence-corrected chi connectivity index (χ3v) is 13.7. The molecule has 8 nitrogen and oxygen atoms in total. The Hall–Kier alpha value is -8.80. The summed E-state index contributed by atoms with van der Waals surface area (Å²) >= 11 is 3.35. The molecule has 0 radical (unpaired) electrons. The largest absolute Gasteiger partial charge is 0.488 e. The molecular weight excluding hydrogens is 959 g/mol. The van der Waals surface area contributed by atoms with Crippen LogP contribution in [0.4, 0.5) is 0 Å². The van der Waals surface area contributed by atoms with Crippen LogP contribution in [0.15, 0.2) is 253 Å². The molecule has 10 aromatic carbocycles. The zero-order valence-electron chi connectivity index (χ0n) is 38.3. The molecule has 4 heterocycles. The van der Waals surface area contributed by atoms with Crippen LogP contribution in [-0.4, -0.2) is 26.3 Å². The predicted octanol–water partition coefficient (Wildman–Crippen LogP) is 13.9. The number of hydrogen-bond acceptors (Lipinski definition) is 6. The number of aromatic nitrogens is 2. The second-order valence-electron chi connectivity index (χ2n) is 17.5. The van der Waals surface area contributed by atoms with E-state index in [9.17, 15) is 19.6 Å². The summed E-state index contributed by atoms with van der Waals surface area (Å²) in [6.45, 7) is 0. The van der Waals surface area contributed by atoms with Crippen LogP contribution in [0.5, 0.6) is 0 Å². The van der Waals surface area contributed by atoms with Crippen molar-refractivity contribution in [3.05, 3.63) is 256 Å². The van der Waals surface area contributed by atoms with Crippen LogP contribution < -0.4 is 16.7 Å². The summed E-state index contributed by atoms with van der Waals surface area (Å²) in [7, 11) is -1.46. The lowest BCUT2D eigenvalue weighted by Gasteiger charge is -2.09. The molecule has 0 aliphatic heterocycles. The van der Waals surface area contributed by atoms with Crippen molar-refractivity contribution in [3.63, 3.8) is 0 Å². The third kappa shape index (κ3) is 7.94. The summed E-state index contributed by atoms with van der Waals surface area (Å²) in [5.41, 5.74) is 9.91. The van der Waals surface area contributed by atoms with Crippen LogP contribution in [0.2, 0.25) is 0 Å². The Morgan fingerprint density at radius 2 is 0.750 bits per heavy atom. The molecule has 0 bridgehead atoms. The molecule has 10 heteroatoms. The Kier molecular flexibility index (Phi) is 11.4. The molecule has 0 atom stereocenters.